The Hall–Kier alpha value is -0.990. The van der Waals surface area contributed by atoms with Crippen molar-refractivity contribution in [2.75, 3.05) is 5.32 Å². The number of rotatable bonds is 3. The predicted octanol–water partition coefficient (Wildman–Crippen LogP) is 5.33. The summed E-state index contributed by atoms with van der Waals surface area (Å²) < 4.78 is 1.14. The van der Waals surface area contributed by atoms with Crippen molar-refractivity contribution in [3.05, 3.63) is 62.6 Å². The van der Waals surface area contributed by atoms with E-state index in [-0.39, 0.29) is 0 Å². The minimum absolute atomic E-state index is 0.759. The SMILES string of the molecule is Cc1cc(CNc2cc(Cl)ccc2C)ccc1Br. The number of benzene rings is 2. The van der Waals surface area contributed by atoms with Gasteiger partial charge in [-0.15, -0.1) is 0 Å². The molecule has 0 saturated heterocycles. The van der Waals surface area contributed by atoms with Crippen molar-refractivity contribution in [3.63, 3.8) is 0 Å². The predicted molar refractivity (Wildman–Crippen MR) is 82.4 cm³/mol. The fourth-order valence-corrected chi connectivity index (χ4v) is 2.22. The highest BCUT2D eigenvalue weighted by Gasteiger charge is 2.01. The van der Waals surface area contributed by atoms with Gasteiger partial charge in [0.2, 0.25) is 0 Å². The van der Waals surface area contributed by atoms with Gasteiger partial charge in [0.1, 0.15) is 0 Å². The molecule has 0 atom stereocenters. The van der Waals surface area contributed by atoms with Gasteiger partial charge in [0, 0.05) is 21.7 Å². The molecule has 0 radical (unpaired) electrons. The highest BCUT2D eigenvalue weighted by molar-refractivity contribution is 9.10. The number of hydrogen-bond acceptors (Lipinski definition) is 1. The lowest BCUT2D eigenvalue weighted by molar-refractivity contribution is 1.13. The highest BCUT2D eigenvalue weighted by Crippen LogP contribution is 2.22. The summed E-state index contributed by atoms with van der Waals surface area (Å²) in [7, 11) is 0. The molecule has 2 aromatic rings. The van der Waals surface area contributed by atoms with E-state index in [1.807, 2.05) is 18.2 Å². The van der Waals surface area contributed by atoms with Gasteiger partial charge in [-0.25, -0.2) is 0 Å². The summed E-state index contributed by atoms with van der Waals surface area (Å²) in [5.41, 5.74) is 4.79. The quantitative estimate of drug-likeness (QED) is 0.804. The minimum Gasteiger partial charge on any atom is -0.381 e. The van der Waals surface area contributed by atoms with Gasteiger partial charge < -0.3 is 5.32 Å². The van der Waals surface area contributed by atoms with Crippen molar-refractivity contribution in [1.82, 2.24) is 0 Å². The summed E-state index contributed by atoms with van der Waals surface area (Å²) in [4.78, 5) is 0. The van der Waals surface area contributed by atoms with Gasteiger partial charge >= 0.3 is 0 Å². The molecule has 0 amide bonds. The van der Waals surface area contributed by atoms with Crippen LogP contribution in [-0.2, 0) is 6.54 Å². The summed E-state index contributed by atoms with van der Waals surface area (Å²) in [6.45, 7) is 4.97. The summed E-state index contributed by atoms with van der Waals surface area (Å²) in [5.74, 6) is 0. The average molecular weight is 325 g/mol. The van der Waals surface area contributed by atoms with Crippen LogP contribution < -0.4 is 5.32 Å². The molecule has 18 heavy (non-hydrogen) atoms. The van der Waals surface area contributed by atoms with E-state index < -0.39 is 0 Å². The first kappa shape index (κ1) is 13.4. The standard InChI is InChI=1S/C15H15BrClN/c1-10-3-5-13(17)8-15(10)18-9-12-4-6-14(16)11(2)7-12/h3-8,18H,9H2,1-2H3. The largest absolute Gasteiger partial charge is 0.381 e. The topological polar surface area (TPSA) is 12.0 Å². The Morgan fingerprint density at radius 1 is 1.06 bits per heavy atom. The number of anilines is 1. The first-order valence-corrected chi connectivity index (χ1v) is 6.98. The minimum atomic E-state index is 0.759. The third-order valence-electron chi connectivity index (χ3n) is 2.90. The Morgan fingerprint density at radius 3 is 2.56 bits per heavy atom. The molecule has 0 aliphatic carbocycles. The first-order valence-electron chi connectivity index (χ1n) is 5.81. The molecule has 0 aromatic heterocycles. The first-order chi connectivity index (χ1) is 8.56. The van der Waals surface area contributed by atoms with E-state index in [1.165, 1.54) is 16.7 Å². The van der Waals surface area contributed by atoms with Crippen LogP contribution in [0.15, 0.2) is 40.9 Å². The molecular weight excluding hydrogens is 310 g/mol. The van der Waals surface area contributed by atoms with Crippen LogP contribution in [0, 0.1) is 13.8 Å². The van der Waals surface area contributed by atoms with Crippen molar-refractivity contribution in [2.24, 2.45) is 0 Å². The van der Waals surface area contributed by atoms with Gasteiger partial charge in [0.15, 0.2) is 0 Å². The fraction of sp³-hybridized carbons (Fsp3) is 0.200. The molecule has 0 aliphatic heterocycles. The van der Waals surface area contributed by atoms with Gasteiger partial charge in [0.05, 0.1) is 0 Å². The number of aryl methyl sites for hydroxylation is 2. The van der Waals surface area contributed by atoms with E-state index in [0.29, 0.717) is 0 Å². The molecule has 3 heteroatoms. The van der Waals surface area contributed by atoms with E-state index in [1.54, 1.807) is 0 Å². The van der Waals surface area contributed by atoms with E-state index in [4.69, 9.17) is 11.6 Å². The van der Waals surface area contributed by atoms with Crippen LogP contribution in [0.2, 0.25) is 5.02 Å². The maximum atomic E-state index is 6.00. The Balaban J connectivity index is 2.11. The van der Waals surface area contributed by atoms with E-state index >= 15 is 0 Å². The lowest BCUT2D eigenvalue weighted by Crippen LogP contribution is -2.01. The molecule has 2 rings (SSSR count). The Labute approximate surface area is 121 Å². The molecule has 0 bridgehead atoms. The lowest BCUT2D eigenvalue weighted by atomic mass is 10.1. The average Bonchev–Trinajstić information content (AvgIpc) is 2.34. The maximum absolute atomic E-state index is 6.00. The van der Waals surface area contributed by atoms with Crippen LogP contribution in [-0.4, -0.2) is 0 Å². The second-order valence-electron chi connectivity index (χ2n) is 4.40. The molecule has 2 aromatic carbocycles. The van der Waals surface area contributed by atoms with Crippen molar-refractivity contribution >= 4 is 33.2 Å². The monoisotopic (exact) mass is 323 g/mol. The molecular formula is C15H15BrClN. The Morgan fingerprint density at radius 2 is 1.83 bits per heavy atom. The molecule has 0 aliphatic rings. The van der Waals surface area contributed by atoms with Gasteiger partial charge in [-0.1, -0.05) is 45.7 Å². The Kier molecular flexibility index (Phi) is 4.31. The van der Waals surface area contributed by atoms with Crippen molar-refractivity contribution in [2.45, 2.75) is 20.4 Å². The smallest absolute Gasteiger partial charge is 0.0426 e. The lowest BCUT2D eigenvalue weighted by Gasteiger charge is -2.11. The third kappa shape index (κ3) is 3.27. The summed E-state index contributed by atoms with van der Waals surface area (Å²) in [6.07, 6.45) is 0. The molecule has 0 unspecified atom stereocenters. The molecule has 1 N–H and O–H groups in total. The number of hydrogen-bond donors (Lipinski definition) is 1. The van der Waals surface area contributed by atoms with Crippen LogP contribution in [0.3, 0.4) is 0 Å². The zero-order chi connectivity index (χ0) is 13.1. The molecule has 0 saturated carbocycles. The molecule has 1 nitrogen and oxygen atoms in total. The van der Waals surface area contributed by atoms with Crippen molar-refractivity contribution in [1.29, 1.82) is 0 Å². The normalized spacial score (nSPS) is 10.4. The number of halogens is 2. The number of nitrogens with one attached hydrogen (secondary N) is 1. The maximum Gasteiger partial charge on any atom is 0.0426 e. The van der Waals surface area contributed by atoms with Crippen LogP contribution >= 0.6 is 27.5 Å². The van der Waals surface area contributed by atoms with Crippen LogP contribution in [0.5, 0.6) is 0 Å². The third-order valence-corrected chi connectivity index (χ3v) is 4.03. The van der Waals surface area contributed by atoms with Crippen LogP contribution in [0.4, 0.5) is 5.69 Å². The van der Waals surface area contributed by atoms with Gasteiger partial charge in [-0.3, -0.25) is 0 Å². The van der Waals surface area contributed by atoms with E-state index in [9.17, 15) is 0 Å². The summed E-state index contributed by atoms with van der Waals surface area (Å²) in [5, 5.41) is 4.18. The second kappa shape index (κ2) is 5.77. The summed E-state index contributed by atoms with van der Waals surface area (Å²) in [6, 6.07) is 12.3. The van der Waals surface area contributed by atoms with Gasteiger partial charge in [-0.05, 0) is 48.7 Å². The van der Waals surface area contributed by atoms with Crippen molar-refractivity contribution < 1.29 is 0 Å². The second-order valence-corrected chi connectivity index (χ2v) is 5.69. The zero-order valence-corrected chi connectivity index (χ0v) is 12.8. The molecule has 94 valence electrons. The highest BCUT2D eigenvalue weighted by atomic mass is 79.9. The Bertz CT molecular complexity index is 566. The van der Waals surface area contributed by atoms with E-state index in [0.717, 1.165) is 21.7 Å². The molecule has 0 heterocycles. The van der Waals surface area contributed by atoms with Crippen molar-refractivity contribution in [3.8, 4) is 0 Å². The molecule has 0 spiro atoms. The van der Waals surface area contributed by atoms with Gasteiger partial charge in [-0.2, -0.15) is 0 Å². The molecule has 0 fully saturated rings. The van der Waals surface area contributed by atoms with Crippen LogP contribution in [0.1, 0.15) is 16.7 Å². The fourth-order valence-electron chi connectivity index (χ4n) is 1.80. The summed E-state index contributed by atoms with van der Waals surface area (Å²) >= 11 is 9.51. The zero-order valence-electron chi connectivity index (χ0n) is 10.4. The van der Waals surface area contributed by atoms with E-state index in [2.05, 4.69) is 53.3 Å². The van der Waals surface area contributed by atoms with Crippen LogP contribution in [0.25, 0.3) is 0 Å². The van der Waals surface area contributed by atoms with Gasteiger partial charge in [0.25, 0.3) is 0 Å².